The molecule has 0 saturated carbocycles. The number of likely N-dealkylation sites (N-methyl/N-ethyl adjacent to an activating group) is 1. The van der Waals surface area contributed by atoms with Gasteiger partial charge in [0.25, 0.3) is 0 Å². The normalized spacial score (nSPS) is 23.4. The SMILES string of the molecule is C\C(=C(O)/C=C\C=C(/C)F)c1c(Cl)cc2c(N3CC4CCC(C3)N4)nc(N3CC(N(C)C)C3)nc2c1F. The number of halogens is 3. The monoisotopic (exact) mass is 530 g/mol. The second kappa shape index (κ2) is 10.2. The standard InChI is InChI=1S/C27H33ClF2N6O/c1-15(29)6-5-7-22(37)16(2)23-21(28)10-20-25(24(23)30)32-27(36-13-19(14-36)34(3)4)33-26(20)35-11-17-8-9-18(12-35)31-17/h5-7,10,17-19,31,37H,8-9,11-14H2,1-4H3/b7-5-,15-6+,22-16-. The van der Waals surface area contributed by atoms with Crippen molar-refractivity contribution < 1.29 is 13.9 Å². The molecule has 3 aliphatic rings. The van der Waals surface area contributed by atoms with Crippen LogP contribution in [0.4, 0.5) is 20.5 Å². The van der Waals surface area contributed by atoms with Gasteiger partial charge in [0.2, 0.25) is 5.95 Å². The predicted molar refractivity (Wildman–Crippen MR) is 146 cm³/mol. The van der Waals surface area contributed by atoms with Gasteiger partial charge in [0, 0.05) is 60.8 Å². The lowest BCUT2D eigenvalue weighted by Gasteiger charge is -2.43. The number of allylic oxidation sites excluding steroid dienone is 5. The molecule has 4 heterocycles. The Morgan fingerprint density at radius 2 is 1.81 bits per heavy atom. The molecule has 0 amide bonds. The number of anilines is 2. The Balaban J connectivity index is 1.62. The summed E-state index contributed by atoms with van der Waals surface area (Å²) in [4.78, 5) is 16.1. The number of hydrogen-bond donors (Lipinski definition) is 2. The van der Waals surface area contributed by atoms with Crippen LogP contribution < -0.4 is 15.1 Å². The van der Waals surface area contributed by atoms with Gasteiger partial charge >= 0.3 is 0 Å². The van der Waals surface area contributed by atoms with E-state index in [1.807, 2.05) is 14.1 Å². The van der Waals surface area contributed by atoms with Gasteiger partial charge in [0.05, 0.1) is 10.8 Å². The van der Waals surface area contributed by atoms with E-state index in [1.54, 1.807) is 13.0 Å². The van der Waals surface area contributed by atoms with Crippen LogP contribution in [-0.4, -0.2) is 78.4 Å². The first-order valence-electron chi connectivity index (χ1n) is 12.6. The molecule has 10 heteroatoms. The Kier molecular flexibility index (Phi) is 7.13. The van der Waals surface area contributed by atoms with Gasteiger partial charge in [0.1, 0.15) is 17.1 Å². The summed E-state index contributed by atoms with van der Waals surface area (Å²) in [7, 11) is 4.08. The zero-order valence-corrected chi connectivity index (χ0v) is 22.4. The average Bonchev–Trinajstić information content (AvgIpc) is 3.14. The third-order valence-electron chi connectivity index (χ3n) is 7.58. The van der Waals surface area contributed by atoms with Crippen molar-refractivity contribution in [1.29, 1.82) is 0 Å². The summed E-state index contributed by atoms with van der Waals surface area (Å²) < 4.78 is 29.2. The minimum Gasteiger partial charge on any atom is -0.508 e. The Morgan fingerprint density at radius 3 is 2.43 bits per heavy atom. The zero-order valence-electron chi connectivity index (χ0n) is 21.6. The van der Waals surface area contributed by atoms with Gasteiger partial charge in [-0.05, 0) is 59.0 Å². The second-order valence-electron chi connectivity index (χ2n) is 10.5. The first-order chi connectivity index (χ1) is 17.6. The van der Waals surface area contributed by atoms with Gasteiger partial charge in [-0.2, -0.15) is 4.98 Å². The number of hydrogen-bond acceptors (Lipinski definition) is 7. The highest BCUT2D eigenvalue weighted by Crippen LogP contribution is 2.39. The Labute approximate surface area is 221 Å². The molecule has 2 aromatic rings. The van der Waals surface area contributed by atoms with E-state index in [-0.39, 0.29) is 27.4 Å². The van der Waals surface area contributed by atoms with Crippen molar-refractivity contribution in [2.45, 2.75) is 44.8 Å². The summed E-state index contributed by atoms with van der Waals surface area (Å²) in [6.07, 6.45) is 6.11. The number of benzene rings is 1. The van der Waals surface area contributed by atoms with Gasteiger partial charge < -0.3 is 25.1 Å². The Bertz CT molecular complexity index is 1290. The van der Waals surface area contributed by atoms with Crippen LogP contribution in [0.3, 0.4) is 0 Å². The van der Waals surface area contributed by atoms with Gasteiger partial charge in [-0.15, -0.1) is 0 Å². The molecule has 0 aliphatic carbocycles. The number of piperazine rings is 1. The summed E-state index contributed by atoms with van der Waals surface area (Å²) in [5.41, 5.74) is 0.487. The maximum atomic E-state index is 16.2. The molecule has 3 fully saturated rings. The van der Waals surface area contributed by atoms with Crippen LogP contribution >= 0.6 is 11.6 Å². The van der Waals surface area contributed by atoms with Crippen molar-refractivity contribution in [3.05, 3.63) is 52.3 Å². The minimum absolute atomic E-state index is 0.0722. The first kappa shape index (κ1) is 25.9. The molecule has 5 rings (SSSR count). The lowest BCUT2D eigenvalue weighted by atomic mass is 10.0. The average molecular weight is 531 g/mol. The van der Waals surface area contributed by atoms with E-state index in [0.717, 1.165) is 39.0 Å². The Morgan fingerprint density at radius 1 is 1.14 bits per heavy atom. The maximum absolute atomic E-state index is 16.2. The van der Waals surface area contributed by atoms with E-state index in [4.69, 9.17) is 16.6 Å². The molecule has 0 spiro atoms. The fraction of sp³-hybridized carbons (Fsp3) is 0.481. The third kappa shape index (κ3) is 5.04. The van der Waals surface area contributed by atoms with Crippen molar-refractivity contribution in [3.8, 4) is 0 Å². The molecule has 1 aromatic carbocycles. The molecule has 37 heavy (non-hydrogen) atoms. The molecular weight excluding hydrogens is 498 g/mol. The summed E-state index contributed by atoms with van der Waals surface area (Å²) in [6.45, 7) is 5.98. The summed E-state index contributed by atoms with van der Waals surface area (Å²) in [6, 6.07) is 2.84. The lowest BCUT2D eigenvalue weighted by Crippen LogP contribution is -2.58. The second-order valence-corrected chi connectivity index (χ2v) is 10.9. The minimum atomic E-state index is -0.607. The van der Waals surface area contributed by atoms with Gasteiger partial charge in [-0.1, -0.05) is 17.7 Å². The number of nitrogens with zero attached hydrogens (tertiary/aromatic N) is 5. The number of nitrogens with one attached hydrogen (secondary N) is 1. The molecule has 2 N–H and O–H groups in total. The van der Waals surface area contributed by atoms with Crippen molar-refractivity contribution in [2.75, 3.05) is 50.1 Å². The highest BCUT2D eigenvalue weighted by Gasteiger charge is 2.36. The molecule has 2 bridgehead atoms. The molecule has 1 aromatic heterocycles. The number of rotatable bonds is 6. The molecular formula is C27H33ClF2N6O. The number of fused-ring (bicyclic) bond motifs is 3. The van der Waals surface area contributed by atoms with Crippen LogP contribution in [0.25, 0.3) is 16.5 Å². The molecule has 2 atom stereocenters. The Hall–Kier alpha value is -2.75. The van der Waals surface area contributed by atoms with Gasteiger partial charge in [-0.3, -0.25) is 0 Å². The summed E-state index contributed by atoms with van der Waals surface area (Å²) in [5.74, 6) is -0.0363. The molecule has 198 valence electrons. The van der Waals surface area contributed by atoms with Crippen LogP contribution in [0.5, 0.6) is 0 Å². The van der Waals surface area contributed by atoms with Crippen molar-refractivity contribution in [3.63, 3.8) is 0 Å². The topological polar surface area (TPSA) is 67.8 Å². The first-order valence-corrected chi connectivity index (χ1v) is 13.0. The smallest absolute Gasteiger partial charge is 0.228 e. The summed E-state index contributed by atoms with van der Waals surface area (Å²) >= 11 is 6.62. The maximum Gasteiger partial charge on any atom is 0.228 e. The zero-order chi connectivity index (χ0) is 26.4. The van der Waals surface area contributed by atoms with Crippen LogP contribution in [0.1, 0.15) is 32.3 Å². The summed E-state index contributed by atoms with van der Waals surface area (Å²) in [5, 5.41) is 14.9. The van der Waals surface area contributed by atoms with Crippen LogP contribution in [0.15, 0.2) is 35.9 Å². The third-order valence-corrected chi connectivity index (χ3v) is 7.88. The fourth-order valence-electron chi connectivity index (χ4n) is 5.33. The van der Waals surface area contributed by atoms with E-state index in [9.17, 15) is 9.50 Å². The van der Waals surface area contributed by atoms with E-state index >= 15 is 4.39 Å². The quantitative estimate of drug-likeness (QED) is 0.409. The van der Waals surface area contributed by atoms with Gasteiger partial charge in [0.15, 0.2) is 5.82 Å². The molecule has 3 aliphatic heterocycles. The number of aliphatic hydroxyl groups is 1. The fourth-order valence-corrected chi connectivity index (χ4v) is 5.67. The van der Waals surface area contributed by atoms with Crippen LogP contribution in [0.2, 0.25) is 5.02 Å². The molecule has 2 unspecified atom stereocenters. The van der Waals surface area contributed by atoms with E-state index < -0.39 is 11.6 Å². The van der Waals surface area contributed by atoms with E-state index in [2.05, 4.69) is 25.0 Å². The van der Waals surface area contributed by atoms with E-state index in [1.165, 1.54) is 25.2 Å². The lowest BCUT2D eigenvalue weighted by molar-refractivity contribution is 0.245. The van der Waals surface area contributed by atoms with Crippen LogP contribution in [0, 0.1) is 5.82 Å². The van der Waals surface area contributed by atoms with E-state index in [0.29, 0.717) is 35.3 Å². The molecule has 7 nitrogen and oxygen atoms in total. The molecule has 3 saturated heterocycles. The predicted octanol–water partition coefficient (Wildman–Crippen LogP) is 4.83. The molecule has 0 radical (unpaired) electrons. The highest BCUT2D eigenvalue weighted by atomic mass is 35.5. The van der Waals surface area contributed by atoms with Crippen molar-refractivity contribution >= 4 is 39.8 Å². The highest BCUT2D eigenvalue weighted by molar-refractivity contribution is 6.33. The van der Waals surface area contributed by atoms with Crippen molar-refractivity contribution in [1.82, 2.24) is 20.2 Å². The van der Waals surface area contributed by atoms with Crippen LogP contribution in [-0.2, 0) is 0 Å². The van der Waals surface area contributed by atoms with Gasteiger partial charge in [-0.25, -0.2) is 13.8 Å². The van der Waals surface area contributed by atoms with Crippen molar-refractivity contribution in [2.24, 2.45) is 0 Å². The largest absolute Gasteiger partial charge is 0.508 e. The number of aromatic nitrogens is 2. The number of aliphatic hydroxyl groups excluding tert-OH is 1.